The van der Waals surface area contributed by atoms with E-state index in [1.165, 1.54) is 77.9 Å². The highest BCUT2D eigenvalue weighted by molar-refractivity contribution is 5.98. The van der Waals surface area contributed by atoms with Crippen molar-refractivity contribution in [1.82, 2.24) is 0 Å². The largest absolute Gasteiger partial charge is 0.192 e. The number of benzene rings is 6. The average molecular weight is 520 g/mol. The summed E-state index contributed by atoms with van der Waals surface area (Å²) in [5.41, 5.74) is 18.6. The van der Waals surface area contributed by atoms with Gasteiger partial charge >= 0.3 is 0 Å². The molecular formula is C40H25N. The molecular weight excluding hydrogens is 494 g/mol. The van der Waals surface area contributed by atoms with Crippen LogP contribution in [0.3, 0.4) is 0 Å². The average Bonchev–Trinajstić information content (AvgIpc) is 3.61. The van der Waals surface area contributed by atoms with Gasteiger partial charge in [0.25, 0.3) is 0 Å². The molecule has 6 aromatic rings. The second-order valence-corrected chi connectivity index (χ2v) is 11.6. The molecule has 0 aromatic heterocycles. The third-order valence-electron chi connectivity index (χ3n) is 9.64. The zero-order valence-electron chi connectivity index (χ0n) is 22.6. The summed E-state index contributed by atoms with van der Waals surface area (Å²) in [5, 5.41) is 9.79. The van der Waals surface area contributed by atoms with Gasteiger partial charge in [0.15, 0.2) is 0 Å². The van der Waals surface area contributed by atoms with E-state index in [9.17, 15) is 5.26 Å². The second kappa shape index (κ2) is 7.94. The summed E-state index contributed by atoms with van der Waals surface area (Å²) in [6, 6.07) is 49.3. The molecule has 0 saturated carbocycles. The molecule has 3 aliphatic carbocycles. The van der Waals surface area contributed by atoms with Crippen molar-refractivity contribution >= 4 is 0 Å². The molecule has 1 spiro atoms. The predicted molar refractivity (Wildman–Crippen MR) is 165 cm³/mol. The van der Waals surface area contributed by atoms with Crippen molar-refractivity contribution < 1.29 is 0 Å². The lowest BCUT2D eigenvalue weighted by Gasteiger charge is -2.31. The quantitative estimate of drug-likeness (QED) is 0.212. The molecule has 2 atom stereocenters. The third-order valence-corrected chi connectivity index (χ3v) is 9.64. The van der Waals surface area contributed by atoms with E-state index in [2.05, 4.69) is 134 Å². The van der Waals surface area contributed by atoms with Crippen molar-refractivity contribution in [2.24, 2.45) is 0 Å². The molecule has 2 unspecified atom stereocenters. The minimum absolute atomic E-state index is 0.207. The number of nitriles is 1. The second-order valence-electron chi connectivity index (χ2n) is 11.6. The molecule has 1 nitrogen and oxygen atoms in total. The van der Waals surface area contributed by atoms with Crippen molar-refractivity contribution in [3.8, 4) is 39.4 Å². The van der Waals surface area contributed by atoms with Crippen LogP contribution in [0.4, 0.5) is 0 Å². The molecule has 3 aliphatic rings. The predicted octanol–water partition coefficient (Wildman–Crippen LogP) is 9.37. The smallest absolute Gasteiger partial charge is 0.0991 e. The molecule has 0 saturated heterocycles. The van der Waals surface area contributed by atoms with Crippen LogP contribution in [0, 0.1) is 18.3 Å². The molecule has 1 heteroatoms. The normalized spacial score (nSPS) is 18.2. The van der Waals surface area contributed by atoms with Crippen molar-refractivity contribution in [2.75, 3.05) is 0 Å². The van der Waals surface area contributed by atoms with Gasteiger partial charge in [0.05, 0.1) is 17.0 Å². The maximum Gasteiger partial charge on any atom is 0.0991 e. The molecule has 0 bridgehead atoms. The maximum absolute atomic E-state index is 9.79. The van der Waals surface area contributed by atoms with E-state index in [-0.39, 0.29) is 5.92 Å². The summed E-state index contributed by atoms with van der Waals surface area (Å²) >= 11 is 0. The molecule has 9 rings (SSSR count). The SMILES string of the molecule is Cc1ccc2c(c1)-c1cc3c(cc1C21c2ccccc2-c2cc(C#N)ccc21)-c1ccccc1C3c1ccccc1. The summed E-state index contributed by atoms with van der Waals surface area (Å²) in [6.45, 7) is 2.19. The molecule has 190 valence electrons. The molecule has 0 aliphatic heterocycles. The van der Waals surface area contributed by atoms with Gasteiger partial charge in [-0.2, -0.15) is 5.26 Å². The molecule has 0 amide bonds. The van der Waals surface area contributed by atoms with Crippen LogP contribution in [0.25, 0.3) is 33.4 Å². The standard InChI is InChI=1S/C40H25N/c1-24-15-17-36-31(19-24)33-21-34-30(27-11-5-6-13-29(27)39(34)26-9-3-2-4-10-26)22-38(33)40(36)35-14-8-7-12-28(35)32-20-25(23-41)16-18-37(32)40/h2-22,39H,1H3. The summed E-state index contributed by atoms with van der Waals surface area (Å²) in [7, 11) is 0. The van der Waals surface area contributed by atoms with Crippen LogP contribution >= 0.6 is 0 Å². The van der Waals surface area contributed by atoms with Gasteiger partial charge in [0.1, 0.15) is 0 Å². The van der Waals surface area contributed by atoms with E-state index in [0.29, 0.717) is 5.56 Å². The number of hydrogen-bond acceptors (Lipinski definition) is 1. The minimum Gasteiger partial charge on any atom is -0.192 e. The molecule has 0 radical (unpaired) electrons. The van der Waals surface area contributed by atoms with Crippen molar-refractivity contribution in [3.05, 3.63) is 177 Å². The van der Waals surface area contributed by atoms with Crippen LogP contribution in [-0.4, -0.2) is 0 Å². The van der Waals surface area contributed by atoms with Crippen molar-refractivity contribution in [3.63, 3.8) is 0 Å². The maximum atomic E-state index is 9.79. The van der Waals surface area contributed by atoms with Crippen LogP contribution in [0.2, 0.25) is 0 Å². The van der Waals surface area contributed by atoms with E-state index in [4.69, 9.17) is 0 Å². The topological polar surface area (TPSA) is 23.8 Å². The van der Waals surface area contributed by atoms with Crippen LogP contribution in [0.1, 0.15) is 56.0 Å². The molecule has 0 heterocycles. The van der Waals surface area contributed by atoms with Gasteiger partial charge in [-0.25, -0.2) is 0 Å². The Balaban J connectivity index is 1.43. The first kappa shape index (κ1) is 22.6. The Kier molecular flexibility index (Phi) is 4.38. The summed E-state index contributed by atoms with van der Waals surface area (Å²) in [4.78, 5) is 0. The van der Waals surface area contributed by atoms with Gasteiger partial charge in [0.2, 0.25) is 0 Å². The lowest BCUT2D eigenvalue weighted by molar-refractivity contribution is 0.793. The lowest BCUT2D eigenvalue weighted by Crippen LogP contribution is -2.26. The van der Waals surface area contributed by atoms with Crippen molar-refractivity contribution in [1.29, 1.82) is 5.26 Å². The first-order valence-corrected chi connectivity index (χ1v) is 14.3. The Morgan fingerprint density at radius 1 is 0.512 bits per heavy atom. The van der Waals surface area contributed by atoms with E-state index in [0.717, 1.165) is 0 Å². The molecule has 41 heavy (non-hydrogen) atoms. The van der Waals surface area contributed by atoms with Gasteiger partial charge in [0, 0.05) is 5.92 Å². The number of fused-ring (bicyclic) bond motifs is 13. The Hall–Kier alpha value is -5.19. The third kappa shape index (κ3) is 2.75. The summed E-state index contributed by atoms with van der Waals surface area (Å²) < 4.78 is 0. The van der Waals surface area contributed by atoms with E-state index >= 15 is 0 Å². The van der Waals surface area contributed by atoms with Gasteiger partial charge < -0.3 is 0 Å². The van der Waals surface area contributed by atoms with E-state index < -0.39 is 5.41 Å². The Bertz CT molecular complexity index is 2130. The minimum atomic E-state index is -0.424. The zero-order chi connectivity index (χ0) is 27.3. The first-order chi connectivity index (χ1) is 20.2. The Morgan fingerprint density at radius 3 is 2.00 bits per heavy atom. The fourth-order valence-electron chi connectivity index (χ4n) is 8.07. The highest BCUT2D eigenvalue weighted by atomic mass is 14.5. The monoisotopic (exact) mass is 519 g/mol. The summed E-state index contributed by atoms with van der Waals surface area (Å²) in [6.07, 6.45) is 0. The number of nitrogens with zero attached hydrogens (tertiary/aromatic N) is 1. The zero-order valence-corrected chi connectivity index (χ0v) is 22.6. The van der Waals surface area contributed by atoms with E-state index in [1.807, 2.05) is 6.07 Å². The molecule has 0 N–H and O–H groups in total. The summed E-state index contributed by atoms with van der Waals surface area (Å²) in [5.74, 6) is 0.207. The molecule has 6 aromatic carbocycles. The van der Waals surface area contributed by atoms with Gasteiger partial charge in [-0.05, 0) is 104 Å². The van der Waals surface area contributed by atoms with Gasteiger partial charge in [-0.3, -0.25) is 0 Å². The fourth-order valence-corrected chi connectivity index (χ4v) is 8.07. The van der Waals surface area contributed by atoms with Crippen molar-refractivity contribution in [2.45, 2.75) is 18.3 Å². The van der Waals surface area contributed by atoms with Gasteiger partial charge in [-0.1, -0.05) is 109 Å². The van der Waals surface area contributed by atoms with Crippen LogP contribution in [0.5, 0.6) is 0 Å². The highest BCUT2D eigenvalue weighted by Gasteiger charge is 2.52. The highest BCUT2D eigenvalue weighted by Crippen LogP contribution is 2.64. The Morgan fingerprint density at radius 2 is 1.17 bits per heavy atom. The Labute approximate surface area is 240 Å². The number of hydrogen-bond donors (Lipinski definition) is 0. The van der Waals surface area contributed by atoms with E-state index in [1.54, 1.807) is 0 Å². The first-order valence-electron chi connectivity index (χ1n) is 14.3. The van der Waals surface area contributed by atoms with Crippen LogP contribution < -0.4 is 0 Å². The lowest BCUT2D eigenvalue weighted by atomic mass is 9.70. The number of aryl methyl sites for hydroxylation is 1. The van der Waals surface area contributed by atoms with Crippen LogP contribution in [0.15, 0.2) is 127 Å². The fraction of sp³-hybridized carbons (Fsp3) is 0.0750. The van der Waals surface area contributed by atoms with Gasteiger partial charge in [-0.15, -0.1) is 0 Å². The molecule has 0 fully saturated rings. The number of rotatable bonds is 1. The van der Waals surface area contributed by atoms with Crippen LogP contribution in [-0.2, 0) is 5.41 Å².